The van der Waals surface area contributed by atoms with E-state index in [1.54, 1.807) is 18.9 Å². The lowest BCUT2D eigenvalue weighted by Crippen LogP contribution is -2.45. The predicted molar refractivity (Wildman–Crippen MR) is 105 cm³/mol. The molecule has 2 amide bonds. The molecule has 1 atom stereocenters. The van der Waals surface area contributed by atoms with Crippen molar-refractivity contribution < 1.29 is 9.59 Å². The van der Waals surface area contributed by atoms with Crippen LogP contribution in [0, 0.1) is 13.8 Å². The van der Waals surface area contributed by atoms with Crippen LogP contribution >= 0.6 is 0 Å². The lowest BCUT2D eigenvalue weighted by atomic mass is 10.1. The van der Waals surface area contributed by atoms with Crippen LogP contribution in [0.15, 0.2) is 48.5 Å². The van der Waals surface area contributed by atoms with Gasteiger partial charge in [-0.15, -0.1) is 0 Å². The molecule has 0 fully saturated rings. The maximum absolute atomic E-state index is 12.3. The van der Waals surface area contributed by atoms with Gasteiger partial charge in [0, 0.05) is 12.2 Å². The maximum Gasteiger partial charge on any atom is 0.238 e. The number of likely N-dealkylation sites (N-methyl/N-ethyl adjacent to an activating group) is 1. The lowest BCUT2D eigenvalue weighted by Gasteiger charge is -2.23. The molecule has 2 N–H and O–H groups in total. The highest BCUT2D eigenvalue weighted by Crippen LogP contribution is 2.16. The van der Waals surface area contributed by atoms with Crippen LogP contribution in [-0.4, -0.2) is 36.3 Å². The predicted octanol–water partition coefficient (Wildman–Crippen LogP) is 2.88. The molecule has 0 aliphatic rings. The smallest absolute Gasteiger partial charge is 0.238 e. The van der Waals surface area contributed by atoms with E-state index >= 15 is 0 Å². The van der Waals surface area contributed by atoms with Gasteiger partial charge < -0.3 is 10.6 Å². The summed E-state index contributed by atoms with van der Waals surface area (Å²) in [4.78, 5) is 26.4. The van der Waals surface area contributed by atoms with E-state index < -0.39 is 6.04 Å². The Bertz CT molecular complexity index is 759. The Balaban J connectivity index is 1.85. The molecule has 0 saturated carbocycles. The third kappa shape index (κ3) is 5.70. The number of nitrogens with one attached hydrogen (secondary N) is 2. The van der Waals surface area contributed by atoms with Crippen molar-refractivity contribution in [3.05, 3.63) is 65.2 Å². The first-order valence-electron chi connectivity index (χ1n) is 8.76. The van der Waals surface area contributed by atoms with E-state index in [-0.39, 0.29) is 18.4 Å². The number of rotatable bonds is 7. The van der Waals surface area contributed by atoms with Crippen LogP contribution in [0.4, 0.5) is 5.69 Å². The minimum atomic E-state index is -0.400. The van der Waals surface area contributed by atoms with Crippen LogP contribution in [-0.2, 0) is 16.1 Å². The van der Waals surface area contributed by atoms with Gasteiger partial charge in [-0.05, 0) is 50.6 Å². The van der Waals surface area contributed by atoms with Crippen molar-refractivity contribution >= 4 is 17.5 Å². The second-order valence-corrected chi connectivity index (χ2v) is 6.66. The molecule has 0 spiro atoms. The fourth-order valence-corrected chi connectivity index (χ4v) is 2.56. The molecule has 0 aliphatic carbocycles. The molecule has 26 heavy (non-hydrogen) atoms. The quantitative estimate of drug-likeness (QED) is 0.805. The van der Waals surface area contributed by atoms with Crippen molar-refractivity contribution in [1.82, 2.24) is 10.2 Å². The van der Waals surface area contributed by atoms with Gasteiger partial charge in [-0.1, -0.05) is 42.5 Å². The monoisotopic (exact) mass is 353 g/mol. The summed E-state index contributed by atoms with van der Waals surface area (Å²) < 4.78 is 0. The first-order chi connectivity index (χ1) is 12.4. The van der Waals surface area contributed by atoms with E-state index in [1.807, 2.05) is 62.4 Å². The van der Waals surface area contributed by atoms with Crippen LogP contribution in [0.1, 0.15) is 23.6 Å². The van der Waals surface area contributed by atoms with Crippen LogP contribution in [0.2, 0.25) is 0 Å². The highest BCUT2D eigenvalue weighted by Gasteiger charge is 2.20. The average molecular weight is 353 g/mol. The Hall–Kier alpha value is -2.66. The van der Waals surface area contributed by atoms with Gasteiger partial charge >= 0.3 is 0 Å². The van der Waals surface area contributed by atoms with Crippen molar-refractivity contribution in [2.24, 2.45) is 0 Å². The number of anilines is 1. The zero-order valence-electron chi connectivity index (χ0n) is 15.9. The number of carbonyl (C=O) groups is 2. The molecule has 5 nitrogen and oxygen atoms in total. The molecule has 0 saturated heterocycles. The van der Waals surface area contributed by atoms with Crippen molar-refractivity contribution in [2.75, 3.05) is 18.9 Å². The second-order valence-electron chi connectivity index (χ2n) is 6.66. The number of benzene rings is 2. The molecule has 0 bridgehead atoms. The van der Waals surface area contributed by atoms with Gasteiger partial charge in [-0.3, -0.25) is 14.5 Å². The van der Waals surface area contributed by atoms with Gasteiger partial charge in [-0.25, -0.2) is 0 Å². The molecule has 2 rings (SSSR count). The minimum Gasteiger partial charge on any atom is -0.351 e. The largest absolute Gasteiger partial charge is 0.351 e. The molecular weight excluding hydrogens is 326 g/mol. The third-order valence-corrected chi connectivity index (χ3v) is 4.41. The van der Waals surface area contributed by atoms with E-state index in [1.165, 1.54) is 0 Å². The molecule has 2 aromatic carbocycles. The normalized spacial score (nSPS) is 11.9. The van der Waals surface area contributed by atoms with E-state index in [0.717, 1.165) is 22.4 Å². The minimum absolute atomic E-state index is 0.101. The summed E-state index contributed by atoms with van der Waals surface area (Å²) in [6, 6.07) is 15.3. The van der Waals surface area contributed by atoms with Crippen LogP contribution in [0.5, 0.6) is 0 Å². The van der Waals surface area contributed by atoms with E-state index in [4.69, 9.17) is 0 Å². The van der Waals surface area contributed by atoms with Crippen LogP contribution in [0.25, 0.3) is 0 Å². The lowest BCUT2D eigenvalue weighted by molar-refractivity contribution is -0.126. The van der Waals surface area contributed by atoms with Crippen molar-refractivity contribution in [3.8, 4) is 0 Å². The summed E-state index contributed by atoms with van der Waals surface area (Å²) in [6.45, 7) is 6.37. The van der Waals surface area contributed by atoms with Crippen molar-refractivity contribution in [3.63, 3.8) is 0 Å². The highest BCUT2D eigenvalue weighted by atomic mass is 16.2. The Morgan fingerprint density at radius 1 is 1.08 bits per heavy atom. The third-order valence-electron chi connectivity index (χ3n) is 4.41. The number of carbonyl (C=O) groups excluding carboxylic acids is 2. The molecule has 0 radical (unpaired) electrons. The summed E-state index contributed by atoms with van der Waals surface area (Å²) in [7, 11) is 1.77. The fourth-order valence-electron chi connectivity index (χ4n) is 2.56. The molecule has 2 aromatic rings. The Morgan fingerprint density at radius 2 is 1.77 bits per heavy atom. The van der Waals surface area contributed by atoms with Gasteiger partial charge in [0.05, 0.1) is 12.6 Å². The Labute approximate surface area is 155 Å². The number of nitrogens with zero attached hydrogens (tertiary/aromatic N) is 1. The van der Waals surface area contributed by atoms with E-state index in [9.17, 15) is 9.59 Å². The number of aryl methyl sites for hydroxylation is 2. The first kappa shape index (κ1) is 19.7. The van der Waals surface area contributed by atoms with Gasteiger partial charge in [0.2, 0.25) is 11.8 Å². The summed E-state index contributed by atoms with van der Waals surface area (Å²) in [5.74, 6) is -0.236. The molecule has 0 heterocycles. The molecular formula is C21H27N3O2. The second kappa shape index (κ2) is 9.15. The molecule has 138 valence electrons. The number of hydrogen-bond donors (Lipinski definition) is 2. The van der Waals surface area contributed by atoms with Crippen molar-refractivity contribution in [2.45, 2.75) is 33.4 Å². The van der Waals surface area contributed by atoms with Gasteiger partial charge in [0.25, 0.3) is 0 Å². The summed E-state index contributed by atoms with van der Waals surface area (Å²) in [5.41, 5.74) is 3.96. The standard InChI is InChI=1S/C21H27N3O2/c1-15-10-11-16(2)19(12-15)23-20(25)14-24(4)17(3)21(26)22-13-18-8-6-5-7-9-18/h5-12,17H,13-14H2,1-4H3,(H,22,26)(H,23,25)/t17-/m1/s1. The zero-order valence-corrected chi connectivity index (χ0v) is 15.9. The summed E-state index contributed by atoms with van der Waals surface area (Å²) in [6.07, 6.45) is 0. The molecule has 0 aromatic heterocycles. The van der Waals surface area contributed by atoms with Gasteiger partial charge in [0.1, 0.15) is 0 Å². The van der Waals surface area contributed by atoms with Crippen LogP contribution in [0.3, 0.4) is 0 Å². The van der Waals surface area contributed by atoms with Gasteiger partial charge in [0.15, 0.2) is 0 Å². The fraction of sp³-hybridized carbons (Fsp3) is 0.333. The number of hydrogen-bond acceptors (Lipinski definition) is 3. The Kier molecular flexibility index (Phi) is 6.92. The topological polar surface area (TPSA) is 61.4 Å². The summed E-state index contributed by atoms with van der Waals surface area (Å²) >= 11 is 0. The number of amides is 2. The van der Waals surface area contributed by atoms with E-state index in [0.29, 0.717) is 6.54 Å². The highest BCUT2D eigenvalue weighted by molar-refractivity contribution is 5.93. The first-order valence-corrected chi connectivity index (χ1v) is 8.76. The van der Waals surface area contributed by atoms with Crippen LogP contribution < -0.4 is 10.6 Å². The SMILES string of the molecule is Cc1ccc(C)c(NC(=O)CN(C)[C@H](C)C(=O)NCc2ccccc2)c1. The average Bonchev–Trinajstić information content (AvgIpc) is 2.62. The zero-order chi connectivity index (χ0) is 19.1. The van der Waals surface area contributed by atoms with E-state index in [2.05, 4.69) is 10.6 Å². The molecule has 0 unspecified atom stereocenters. The van der Waals surface area contributed by atoms with Crippen molar-refractivity contribution in [1.29, 1.82) is 0 Å². The summed E-state index contributed by atoms with van der Waals surface area (Å²) in [5, 5.41) is 5.83. The van der Waals surface area contributed by atoms with Gasteiger partial charge in [-0.2, -0.15) is 0 Å². The Morgan fingerprint density at radius 3 is 2.46 bits per heavy atom. The molecule has 5 heteroatoms. The maximum atomic E-state index is 12.3. The molecule has 0 aliphatic heterocycles.